The molecular formula is C20H20N2O5S. The number of amides is 1. The van der Waals surface area contributed by atoms with Crippen molar-refractivity contribution in [1.29, 1.82) is 0 Å². The van der Waals surface area contributed by atoms with Crippen molar-refractivity contribution in [2.45, 2.75) is 13.0 Å². The summed E-state index contributed by atoms with van der Waals surface area (Å²) in [7, 11) is 4.43. The molecule has 0 saturated heterocycles. The van der Waals surface area contributed by atoms with Crippen LogP contribution in [-0.4, -0.2) is 37.8 Å². The number of methoxy groups -OCH3 is 3. The molecule has 28 heavy (non-hydrogen) atoms. The summed E-state index contributed by atoms with van der Waals surface area (Å²) in [5.41, 5.74) is 1.59. The van der Waals surface area contributed by atoms with E-state index in [4.69, 9.17) is 14.2 Å². The van der Waals surface area contributed by atoms with Crippen molar-refractivity contribution in [1.82, 2.24) is 4.57 Å². The number of esters is 1. The molecule has 0 spiro atoms. The SMILES string of the molecule is COC(=O)Cn1c(=NC(=O)Cc2ccc(OC)c(OC)c2)sc2ccccc21. The van der Waals surface area contributed by atoms with Crippen LogP contribution < -0.4 is 14.3 Å². The molecule has 146 valence electrons. The fraction of sp³-hybridized carbons (Fsp3) is 0.250. The summed E-state index contributed by atoms with van der Waals surface area (Å²) in [6, 6.07) is 12.9. The Kier molecular flexibility index (Phi) is 6.10. The zero-order valence-corrected chi connectivity index (χ0v) is 16.6. The molecule has 0 aliphatic rings. The van der Waals surface area contributed by atoms with Crippen molar-refractivity contribution >= 4 is 33.4 Å². The van der Waals surface area contributed by atoms with Crippen LogP contribution in [-0.2, 0) is 27.3 Å². The predicted octanol–water partition coefficient (Wildman–Crippen LogP) is 2.56. The van der Waals surface area contributed by atoms with E-state index in [2.05, 4.69) is 4.99 Å². The Hall–Kier alpha value is -3.13. The number of hydrogen-bond acceptors (Lipinski definition) is 6. The molecule has 3 rings (SSSR count). The average Bonchev–Trinajstić information content (AvgIpc) is 3.04. The number of thiazole rings is 1. The molecule has 0 unspecified atom stereocenters. The first-order chi connectivity index (χ1) is 13.5. The normalized spacial score (nSPS) is 11.5. The number of carbonyl (C=O) groups is 2. The van der Waals surface area contributed by atoms with E-state index in [-0.39, 0.29) is 18.9 Å². The lowest BCUT2D eigenvalue weighted by atomic mass is 10.1. The second-order valence-electron chi connectivity index (χ2n) is 5.89. The summed E-state index contributed by atoms with van der Waals surface area (Å²) in [6.07, 6.45) is 0.104. The minimum atomic E-state index is -0.405. The molecule has 0 N–H and O–H groups in total. The molecule has 0 saturated carbocycles. The van der Waals surface area contributed by atoms with Gasteiger partial charge in [0.05, 0.1) is 38.0 Å². The van der Waals surface area contributed by atoms with Crippen LogP contribution in [0.2, 0.25) is 0 Å². The molecule has 0 radical (unpaired) electrons. The van der Waals surface area contributed by atoms with Crippen LogP contribution in [0.4, 0.5) is 0 Å². The maximum absolute atomic E-state index is 12.6. The molecule has 2 aromatic carbocycles. The quantitative estimate of drug-likeness (QED) is 0.594. The molecule has 1 aromatic heterocycles. The van der Waals surface area contributed by atoms with Crippen LogP contribution in [0.15, 0.2) is 47.5 Å². The first-order valence-corrected chi connectivity index (χ1v) is 9.31. The zero-order chi connectivity index (χ0) is 20.1. The Labute approximate surface area is 165 Å². The van der Waals surface area contributed by atoms with E-state index in [1.165, 1.54) is 18.4 Å². The van der Waals surface area contributed by atoms with E-state index in [1.807, 2.05) is 24.3 Å². The van der Waals surface area contributed by atoms with Gasteiger partial charge in [0, 0.05) is 0 Å². The molecule has 7 nitrogen and oxygen atoms in total. The minimum Gasteiger partial charge on any atom is -0.493 e. The number of para-hydroxylation sites is 1. The summed E-state index contributed by atoms with van der Waals surface area (Å²) in [6.45, 7) is -0.0109. The van der Waals surface area contributed by atoms with Gasteiger partial charge in [0.1, 0.15) is 6.54 Å². The van der Waals surface area contributed by atoms with Gasteiger partial charge in [-0.2, -0.15) is 4.99 Å². The number of fused-ring (bicyclic) bond motifs is 1. The third-order valence-electron chi connectivity index (χ3n) is 4.13. The lowest BCUT2D eigenvalue weighted by Gasteiger charge is -2.08. The first-order valence-electron chi connectivity index (χ1n) is 8.49. The predicted molar refractivity (Wildman–Crippen MR) is 106 cm³/mol. The molecule has 0 bridgehead atoms. The second-order valence-corrected chi connectivity index (χ2v) is 6.90. The van der Waals surface area contributed by atoms with Gasteiger partial charge in [0.25, 0.3) is 5.91 Å². The summed E-state index contributed by atoms with van der Waals surface area (Å²) in [5.74, 6) is 0.418. The summed E-state index contributed by atoms with van der Waals surface area (Å²) >= 11 is 1.35. The Morgan fingerprint density at radius 1 is 1.04 bits per heavy atom. The lowest BCUT2D eigenvalue weighted by Crippen LogP contribution is -2.22. The largest absolute Gasteiger partial charge is 0.493 e. The third-order valence-corrected chi connectivity index (χ3v) is 5.19. The Balaban J connectivity index is 1.94. The standard InChI is InChI=1S/C20H20N2O5S/c1-25-15-9-8-13(10-16(15)26-2)11-18(23)21-20-22(12-19(24)27-3)14-6-4-5-7-17(14)28-20/h4-10H,11-12H2,1-3H3. The van der Waals surface area contributed by atoms with E-state index in [1.54, 1.807) is 37.0 Å². The lowest BCUT2D eigenvalue weighted by molar-refractivity contribution is -0.141. The maximum Gasteiger partial charge on any atom is 0.325 e. The van der Waals surface area contributed by atoms with Gasteiger partial charge in [-0.25, -0.2) is 0 Å². The fourth-order valence-electron chi connectivity index (χ4n) is 2.76. The smallest absolute Gasteiger partial charge is 0.325 e. The highest BCUT2D eigenvalue weighted by molar-refractivity contribution is 7.16. The molecular weight excluding hydrogens is 380 g/mol. The summed E-state index contributed by atoms with van der Waals surface area (Å²) in [5, 5.41) is 0. The summed E-state index contributed by atoms with van der Waals surface area (Å²) in [4.78, 5) is 29.0. The maximum atomic E-state index is 12.6. The van der Waals surface area contributed by atoms with E-state index in [9.17, 15) is 9.59 Å². The van der Waals surface area contributed by atoms with E-state index >= 15 is 0 Å². The highest BCUT2D eigenvalue weighted by Crippen LogP contribution is 2.27. The number of nitrogens with zero attached hydrogens (tertiary/aromatic N) is 2. The zero-order valence-electron chi connectivity index (χ0n) is 15.8. The summed E-state index contributed by atoms with van der Waals surface area (Å²) < 4.78 is 17.9. The van der Waals surface area contributed by atoms with Gasteiger partial charge in [-0.15, -0.1) is 0 Å². The van der Waals surface area contributed by atoms with Gasteiger partial charge >= 0.3 is 5.97 Å². The second kappa shape index (κ2) is 8.71. The average molecular weight is 400 g/mol. The molecule has 8 heteroatoms. The van der Waals surface area contributed by atoms with Crippen LogP contribution in [0.3, 0.4) is 0 Å². The number of benzene rings is 2. The van der Waals surface area contributed by atoms with Crippen molar-refractivity contribution in [3.63, 3.8) is 0 Å². The van der Waals surface area contributed by atoms with Crippen LogP contribution >= 0.6 is 11.3 Å². The van der Waals surface area contributed by atoms with E-state index in [0.717, 1.165) is 15.8 Å². The van der Waals surface area contributed by atoms with Crippen LogP contribution in [0.25, 0.3) is 10.2 Å². The molecule has 1 amide bonds. The number of ether oxygens (including phenoxy) is 3. The number of carbonyl (C=O) groups excluding carboxylic acids is 2. The topological polar surface area (TPSA) is 79.1 Å². The van der Waals surface area contributed by atoms with Crippen molar-refractivity contribution in [3.05, 3.63) is 52.8 Å². The van der Waals surface area contributed by atoms with E-state index < -0.39 is 5.97 Å². The van der Waals surface area contributed by atoms with Crippen LogP contribution in [0, 0.1) is 0 Å². The van der Waals surface area contributed by atoms with E-state index in [0.29, 0.717) is 16.3 Å². The molecule has 0 fully saturated rings. The van der Waals surface area contributed by atoms with Gasteiger partial charge in [0.2, 0.25) is 0 Å². The monoisotopic (exact) mass is 400 g/mol. The third kappa shape index (κ3) is 4.23. The van der Waals surface area contributed by atoms with Crippen LogP contribution in [0.1, 0.15) is 5.56 Å². The molecule has 0 atom stereocenters. The van der Waals surface area contributed by atoms with Crippen molar-refractivity contribution in [2.75, 3.05) is 21.3 Å². The number of hydrogen-bond donors (Lipinski definition) is 0. The van der Waals surface area contributed by atoms with Gasteiger partial charge in [-0.1, -0.05) is 29.5 Å². The van der Waals surface area contributed by atoms with Gasteiger partial charge in [-0.3, -0.25) is 9.59 Å². The molecule has 1 heterocycles. The van der Waals surface area contributed by atoms with Gasteiger partial charge < -0.3 is 18.8 Å². The Bertz CT molecular complexity index is 1080. The fourth-order valence-corrected chi connectivity index (χ4v) is 3.81. The molecule has 0 aliphatic heterocycles. The van der Waals surface area contributed by atoms with Crippen LogP contribution in [0.5, 0.6) is 11.5 Å². The number of rotatable bonds is 6. The van der Waals surface area contributed by atoms with Crippen molar-refractivity contribution < 1.29 is 23.8 Å². The Morgan fingerprint density at radius 3 is 2.50 bits per heavy atom. The molecule has 0 aliphatic carbocycles. The molecule has 3 aromatic rings. The van der Waals surface area contributed by atoms with Gasteiger partial charge in [-0.05, 0) is 29.8 Å². The Morgan fingerprint density at radius 2 is 1.79 bits per heavy atom. The number of aromatic nitrogens is 1. The minimum absolute atomic E-state index is 0.0109. The highest BCUT2D eigenvalue weighted by atomic mass is 32.1. The van der Waals surface area contributed by atoms with Crippen molar-refractivity contribution in [3.8, 4) is 11.5 Å². The van der Waals surface area contributed by atoms with Crippen molar-refractivity contribution in [2.24, 2.45) is 4.99 Å². The highest BCUT2D eigenvalue weighted by Gasteiger charge is 2.12. The first kappa shape index (κ1) is 19.6. The van der Waals surface area contributed by atoms with Gasteiger partial charge in [0.15, 0.2) is 16.3 Å².